The van der Waals surface area contributed by atoms with Crippen molar-refractivity contribution in [1.82, 2.24) is 9.97 Å². The zero-order valence-electron chi connectivity index (χ0n) is 11.5. The minimum atomic E-state index is 0.344. The van der Waals surface area contributed by atoms with Gasteiger partial charge < -0.3 is 16.4 Å². The standard InChI is InChI=1S/C13H23N5/c1-8-16-12(15)11(13(17-8)18(2)3)9-4-6-10(14)7-5-9/h9-10H,4-7,14H2,1-3H3,(H2,15,16,17). The van der Waals surface area contributed by atoms with E-state index in [2.05, 4.69) is 9.97 Å². The van der Waals surface area contributed by atoms with E-state index >= 15 is 0 Å². The van der Waals surface area contributed by atoms with E-state index in [4.69, 9.17) is 11.5 Å². The normalized spacial score (nSPS) is 24.0. The number of aryl methyl sites for hydroxylation is 1. The molecule has 5 heteroatoms. The van der Waals surface area contributed by atoms with Crippen molar-refractivity contribution in [1.29, 1.82) is 0 Å². The molecule has 1 aromatic rings. The second-order valence-corrected chi connectivity index (χ2v) is 5.40. The predicted molar refractivity (Wildman–Crippen MR) is 74.7 cm³/mol. The lowest BCUT2D eigenvalue weighted by molar-refractivity contribution is 0.395. The van der Waals surface area contributed by atoms with Gasteiger partial charge in [-0.25, -0.2) is 9.97 Å². The lowest BCUT2D eigenvalue weighted by Gasteiger charge is -2.29. The van der Waals surface area contributed by atoms with E-state index in [1.54, 1.807) is 0 Å². The predicted octanol–water partition coefficient (Wildman–Crippen LogP) is 1.42. The monoisotopic (exact) mass is 249 g/mol. The Labute approximate surface area is 109 Å². The van der Waals surface area contributed by atoms with E-state index in [0.717, 1.165) is 42.9 Å². The zero-order valence-corrected chi connectivity index (χ0v) is 11.5. The minimum Gasteiger partial charge on any atom is -0.383 e. The van der Waals surface area contributed by atoms with Crippen LogP contribution in [-0.2, 0) is 0 Å². The van der Waals surface area contributed by atoms with Crippen molar-refractivity contribution in [3.8, 4) is 0 Å². The van der Waals surface area contributed by atoms with Crippen LogP contribution in [0.4, 0.5) is 11.6 Å². The molecule has 0 spiro atoms. The Morgan fingerprint density at radius 3 is 2.28 bits per heavy atom. The summed E-state index contributed by atoms with van der Waals surface area (Å²) >= 11 is 0. The van der Waals surface area contributed by atoms with Crippen molar-refractivity contribution < 1.29 is 0 Å². The summed E-state index contributed by atoms with van der Waals surface area (Å²) in [6.07, 6.45) is 4.28. The Hall–Kier alpha value is -1.36. The quantitative estimate of drug-likeness (QED) is 0.828. The largest absolute Gasteiger partial charge is 0.383 e. The first-order chi connectivity index (χ1) is 8.49. The van der Waals surface area contributed by atoms with Gasteiger partial charge in [0.1, 0.15) is 17.5 Å². The van der Waals surface area contributed by atoms with Crippen LogP contribution in [0.2, 0.25) is 0 Å². The number of aromatic nitrogens is 2. The summed E-state index contributed by atoms with van der Waals surface area (Å²) in [7, 11) is 4.00. The van der Waals surface area contributed by atoms with Gasteiger partial charge in [-0.1, -0.05) is 0 Å². The molecule has 5 nitrogen and oxygen atoms in total. The van der Waals surface area contributed by atoms with Gasteiger partial charge in [-0.05, 0) is 38.5 Å². The van der Waals surface area contributed by atoms with Crippen LogP contribution in [0.5, 0.6) is 0 Å². The third kappa shape index (κ3) is 2.56. The molecule has 0 radical (unpaired) electrons. The first kappa shape index (κ1) is 13.1. The first-order valence-corrected chi connectivity index (χ1v) is 6.56. The van der Waals surface area contributed by atoms with Crippen LogP contribution in [0, 0.1) is 6.92 Å². The second-order valence-electron chi connectivity index (χ2n) is 5.40. The molecule has 0 bridgehead atoms. The number of nitrogens with zero attached hydrogens (tertiary/aromatic N) is 3. The van der Waals surface area contributed by atoms with Gasteiger partial charge in [-0.2, -0.15) is 0 Å². The highest BCUT2D eigenvalue weighted by atomic mass is 15.2. The molecule has 0 unspecified atom stereocenters. The molecule has 0 aromatic carbocycles. The molecule has 18 heavy (non-hydrogen) atoms. The fourth-order valence-electron chi connectivity index (χ4n) is 2.73. The van der Waals surface area contributed by atoms with E-state index in [0.29, 0.717) is 17.8 Å². The van der Waals surface area contributed by atoms with Gasteiger partial charge in [0, 0.05) is 25.7 Å². The molecule has 1 saturated carbocycles. The van der Waals surface area contributed by atoms with Crippen LogP contribution in [0.3, 0.4) is 0 Å². The second kappa shape index (κ2) is 5.10. The average molecular weight is 249 g/mol. The van der Waals surface area contributed by atoms with Gasteiger partial charge in [0.2, 0.25) is 0 Å². The van der Waals surface area contributed by atoms with Crippen LogP contribution < -0.4 is 16.4 Å². The molecule has 0 saturated heterocycles. The first-order valence-electron chi connectivity index (χ1n) is 6.56. The maximum absolute atomic E-state index is 6.12. The maximum Gasteiger partial charge on any atom is 0.137 e. The highest BCUT2D eigenvalue weighted by Gasteiger charge is 2.26. The van der Waals surface area contributed by atoms with Crippen molar-refractivity contribution in [2.24, 2.45) is 5.73 Å². The van der Waals surface area contributed by atoms with Gasteiger partial charge in [0.05, 0.1) is 0 Å². The number of nitrogens with two attached hydrogens (primary N) is 2. The number of hydrogen-bond acceptors (Lipinski definition) is 5. The number of anilines is 2. The summed E-state index contributed by atoms with van der Waals surface area (Å²) in [6.45, 7) is 1.88. The van der Waals surface area contributed by atoms with Crippen LogP contribution in [-0.4, -0.2) is 30.1 Å². The molecule has 1 aromatic heterocycles. The molecule has 1 heterocycles. The van der Waals surface area contributed by atoms with Crippen molar-refractivity contribution in [2.45, 2.75) is 44.6 Å². The Kier molecular flexibility index (Phi) is 3.71. The molecule has 4 N–H and O–H groups in total. The van der Waals surface area contributed by atoms with Crippen molar-refractivity contribution in [2.75, 3.05) is 24.7 Å². The highest BCUT2D eigenvalue weighted by molar-refractivity contribution is 5.58. The molecule has 100 valence electrons. The molecule has 0 atom stereocenters. The fourth-order valence-corrected chi connectivity index (χ4v) is 2.73. The van der Waals surface area contributed by atoms with E-state index < -0.39 is 0 Å². The summed E-state index contributed by atoms with van der Waals surface area (Å²) in [5.74, 6) is 2.77. The molecule has 2 rings (SSSR count). The summed E-state index contributed by atoms with van der Waals surface area (Å²) < 4.78 is 0. The van der Waals surface area contributed by atoms with Gasteiger partial charge in [0.15, 0.2) is 0 Å². The number of hydrogen-bond donors (Lipinski definition) is 2. The summed E-state index contributed by atoms with van der Waals surface area (Å²) in [4.78, 5) is 10.9. The molecular formula is C13H23N5. The van der Waals surface area contributed by atoms with E-state index in [1.165, 1.54) is 0 Å². The smallest absolute Gasteiger partial charge is 0.137 e. The molecular weight excluding hydrogens is 226 g/mol. The lowest BCUT2D eigenvalue weighted by Crippen LogP contribution is -2.27. The van der Waals surface area contributed by atoms with Crippen molar-refractivity contribution in [3.63, 3.8) is 0 Å². The molecule has 1 fully saturated rings. The topological polar surface area (TPSA) is 81.1 Å². The van der Waals surface area contributed by atoms with Gasteiger partial charge in [-0.3, -0.25) is 0 Å². The van der Waals surface area contributed by atoms with Crippen LogP contribution in [0.15, 0.2) is 0 Å². The summed E-state index contributed by atoms with van der Waals surface area (Å²) in [5.41, 5.74) is 13.2. The van der Waals surface area contributed by atoms with E-state index in [-0.39, 0.29) is 0 Å². The average Bonchev–Trinajstić information content (AvgIpc) is 2.29. The maximum atomic E-state index is 6.12. The fraction of sp³-hybridized carbons (Fsp3) is 0.692. The minimum absolute atomic E-state index is 0.344. The van der Waals surface area contributed by atoms with Crippen LogP contribution in [0.25, 0.3) is 0 Å². The van der Waals surface area contributed by atoms with E-state index in [9.17, 15) is 0 Å². The van der Waals surface area contributed by atoms with Gasteiger partial charge in [0.25, 0.3) is 0 Å². The number of nitrogen functional groups attached to an aromatic ring is 1. The molecule has 0 aliphatic heterocycles. The summed E-state index contributed by atoms with van der Waals surface area (Å²) in [6, 6.07) is 0.344. The Morgan fingerprint density at radius 2 is 1.72 bits per heavy atom. The van der Waals surface area contributed by atoms with Crippen LogP contribution >= 0.6 is 0 Å². The number of rotatable bonds is 2. The third-order valence-corrected chi connectivity index (χ3v) is 3.67. The van der Waals surface area contributed by atoms with Gasteiger partial charge in [-0.15, -0.1) is 0 Å². The Bertz CT molecular complexity index is 422. The highest BCUT2D eigenvalue weighted by Crippen LogP contribution is 2.38. The van der Waals surface area contributed by atoms with Crippen molar-refractivity contribution >= 4 is 11.6 Å². The SMILES string of the molecule is Cc1nc(N)c(C2CCC(N)CC2)c(N(C)C)n1. The molecule has 1 aliphatic carbocycles. The van der Waals surface area contributed by atoms with Crippen LogP contribution in [0.1, 0.15) is 43.0 Å². The van der Waals surface area contributed by atoms with Crippen molar-refractivity contribution in [3.05, 3.63) is 11.4 Å². The molecule has 1 aliphatic rings. The zero-order chi connectivity index (χ0) is 13.3. The van der Waals surface area contributed by atoms with E-state index in [1.807, 2.05) is 25.9 Å². The molecule has 0 amide bonds. The summed E-state index contributed by atoms with van der Waals surface area (Å²) in [5, 5.41) is 0. The Balaban J connectivity index is 2.36. The lowest BCUT2D eigenvalue weighted by atomic mass is 9.82. The Morgan fingerprint density at radius 1 is 1.11 bits per heavy atom. The third-order valence-electron chi connectivity index (χ3n) is 3.67. The van der Waals surface area contributed by atoms with Gasteiger partial charge >= 0.3 is 0 Å².